The van der Waals surface area contributed by atoms with E-state index in [2.05, 4.69) is 5.32 Å². The highest BCUT2D eigenvalue weighted by Gasteiger charge is 2.08. The first-order chi connectivity index (χ1) is 7.33. The Morgan fingerprint density at radius 3 is 3.07 bits per heavy atom. The van der Waals surface area contributed by atoms with Crippen LogP contribution in [0.25, 0.3) is 11.0 Å². The molecule has 3 nitrogen and oxygen atoms in total. The van der Waals surface area contributed by atoms with Crippen LogP contribution in [0.15, 0.2) is 28.9 Å². The van der Waals surface area contributed by atoms with Crippen LogP contribution in [0, 0.1) is 0 Å². The van der Waals surface area contributed by atoms with Crippen LogP contribution >= 0.6 is 0 Å². The van der Waals surface area contributed by atoms with Gasteiger partial charge in [0.2, 0.25) is 0 Å². The van der Waals surface area contributed by atoms with Crippen molar-refractivity contribution < 1.29 is 9.52 Å². The van der Waals surface area contributed by atoms with Crippen LogP contribution in [0.5, 0.6) is 5.75 Å². The second-order valence-corrected chi connectivity index (χ2v) is 3.62. The highest BCUT2D eigenvalue weighted by molar-refractivity contribution is 5.85. The van der Waals surface area contributed by atoms with Crippen LogP contribution in [0.3, 0.4) is 0 Å². The molecule has 0 aliphatic rings. The Kier molecular flexibility index (Phi) is 2.92. The number of hydrogen-bond donors (Lipinski definition) is 2. The summed E-state index contributed by atoms with van der Waals surface area (Å²) in [5, 5.41) is 13.7. The lowest BCUT2D eigenvalue weighted by molar-refractivity contribution is 0.465. The molecule has 1 aromatic heterocycles. The number of furan rings is 1. The number of para-hydroxylation sites is 1. The molecule has 0 spiro atoms. The lowest BCUT2D eigenvalue weighted by atomic mass is 10.1. The van der Waals surface area contributed by atoms with Gasteiger partial charge in [-0.15, -0.1) is 0 Å². The fourth-order valence-electron chi connectivity index (χ4n) is 1.74. The van der Waals surface area contributed by atoms with Crippen molar-refractivity contribution in [2.75, 3.05) is 13.6 Å². The van der Waals surface area contributed by atoms with E-state index in [1.807, 2.05) is 19.2 Å². The monoisotopic (exact) mass is 205 g/mol. The topological polar surface area (TPSA) is 45.4 Å². The molecule has 0 aliphatic carbocycles. The lowest BCUT2D eigenvalue weighted by Gasteiger charge is -1.98. The Morgan fingerprint density at radius 2 is 2.27 bits per heavy atom. The highest BCUT2D eigenvalue weighted by atomic mass is 16.3. The molecule has 15 heavy (non-hydrogen) atoms. The maximum absolute atomic E-state index is 9.55. The summed E-state index contributed by atoms with van der Waals surface area (Å²) in [7, 11) is 1.94. The summed E-state index contributed by atoms with van der Waals surface area (Å²) in [5.74, 6) is 0.215. The van der Waals surface area contributed by atoms with Crippen molar-refractivity contribution in [2.45, 2.75) is 12.8 Å². The first-order valence-corrected chi connectivity index (χ1v) is 5.15. The minimum Gasteiger partial charge on any atom is -0.504 e. The molecule has 0 radical (unpaired) electrons. The van der Waals surface area contributed by atoms with E-state index in [9.17, 15) is 5.11 Å². The Hall–Kier alpha value is -1.48. The molecule has 0 saturated carbocycles. The molecular weight excluding hydrogens is 190 g/mol. The number of phenols is 1. The van der Waals surface area contributed by atoms with Crippen molar-refractivity contribution in [3.05, 3.63) is 30.0 Å². The van der Waals surface area contributed by atoms with E-state index >= 15 is 0 Å². The van der Waals surface area contributed by atoms with Crippen molar-refractivity contribution >= 4 is 11.0 Å². The lowest BCUT2D eigenvalue weighted by Crippen LogP contribution is -2.08. The van der Waals surface area contributed by atoms with Crippen LogP contribution in [0.2, 0.25) is 0 Å². The first-order valence-electron chi connectivity index (χ1n) is 5.15. The molecule has 0 amide bonds. The van der Waals surface area contributed by atoms with E-state index in [4.69, 9.17) is 4.42 Å². The van der Waals surface area contributed by atoms with Gasteiger partial charge in [-0.3, -0.25) is 0 Å². The number of fused-ring (bicyclic) bond motifs is 1. The summed E-state index contributed by atoms with van der Waals surface area (Å²) >= 11 is 0. The standard InChI is InChI=1S/C12H15NO2/c1-13-7-3-4-9-8-15-12-10(9)5-2-6-11(12)14/h2,5-6,8,13-14H,3-4,7H2,1H3. The Labute approximate surface area is 88.7 Å². The molecule has 0 atom stereocenters. The quantitative estimate of drug-likeness (QED) is 0.753. The van der Waals surface area contributed by atoms with Crippen LogP contribution in [0.1, 0.15) is 12.0 Å². The zero-order valence-corrected chi connectivity index (χ0v) is 8.79. The van der Waals surface area contributed by atoms with Gasteiger partial charge in [-0.05, 0) is 38.1 Å². The van der Waals surface area contributed by atoms with Gasteiger partial charge in [-0.2, -0.15) is 0 Å². The van der Waals surface area contributed by atoms with Gasteiger partial charge in [0.15, 0.2) is 11.3 Å². The summed E-state index contributed by atoms with van der Waals surface area (Å²) < 4.78 is 5.34. The molecule has 2 N–H and O–H groups in total. The van der Waals surface area contributed by atoms with E-state index in [1.54, 1.807) is 12.3 Å². The second kappa shape index (κ2) is 4.36. The first kappa shape index (κ1) is 10.1. The molecule has 0 bridgehead atoms. The number of aromatic hydroxyl groups is 1. The average molecular weight is 205 g/mol. The van der Waals surface area contributed by atoms with E-state index < -0.39 is 0 Å². The van der Waals surface area contributed by atoms with Crippen LogP contribution in [-0.2, 0) is 6.42 Å². The predicted molar refractivity (Wildman–Crippen MR) is 60.1 cm³/mol. The van der Waals surface area contributed by atoms with Crippen LogP contribution < -0.4 is 5.32 Å². The minimum atomic E-state index is 0.215. The fraction of sp³-hybridized carbons (Fsp3) is 0.333. The van der Waals surface area contributed by atoms with Gasteiger partial charge in [0.25, 0.3) is 0 Å². The highest BCUT2D eigenvalue weighted by Crippen LogP contribution is 2.29. The maximum Gasteiger partial charge on any atom is 0.175 e. The summed E-state index contributed by atoms with van der Waals surface area (Å²) in [6, 6.07) is 5.46. The molecule has 0 aliphatic heterocycles. The second-order valence-electron chi connectivity index (χ2n) is 3.62. The zero-order valence-electron chi connectivity index (χ0n) is 8.79. The third kappa shape index (κ3) is 1.97. The van der Waals surface area contributed by atoms with E-state index in [0.29, 0.717) is 5.58 Å². The van der Waals surface area contributed by atoms with E-state index in [-0.39, 0.29) is 5.75 Å². The smallest absolute Gasteiger partial charge is 0.175 e. The van der Waals surface area contributed by atoms with Gasteiger partial charge in [-0.25, -0.2) is 0 Å². The minimum absolute atomic E-state index is 0.215. The number of phenolic OH excluding ortho intramolecular Hbond substituents is 1. The third-order valence-corrected chi connectivity index (χ3v) is 2.53. The Morgan fingerprint density at radius 1 is 1.40 bits per heavy atom. The largest absolute Gasteiger partial charge is 0.504 e. The Bertz CT molecular complexity index is 448. The van der Waals surface area contributed by atoms with Crippen molar-refractivity contribution in [3.63, 3.8) is 0 Å². The molecule has 0 fully saturated rings. The zero-order chi connectivity index (χ0) is 10.7. The van der Waals surface area contributed by atoms with Crippen molar-refractivity contribution in [3.8, 4) is 5.75 Å². The molecule has 2 aromatic rings. The van der Waals surface area contributed by atoms with Gasteiger partial charge < -0.3 is 14.8 Å². The van der Waals surface area contributed by atoms with Crippen LogP contribution in [0.4, 0.5) is 0 Å². The van der Waals surface area contributed by atoms with Gasteiger partial charge in [0, 0.05) is 5.39 Å². The molecular formula is C12H15NO2. The third-order valence-electron chi connectivity index (χ3n) is 2.53. The maximum atomic E-state index is 9.55. The summed E-state index contributed by atoms with van der Waals surface area (Å²) in [5.41, 5.74) is 1.76. The van der Waals surface area contributed by atoms with Crippen molar-refractivity contribution in [2.24, 2.45) is 0 Å². The molecule has 1 aromatic carbocycles. The van der Waals surface area contributed by atoms with Crippen molar-refractivity contribution in [1.29, 1.82) is 0 Å². The number of rotatable bonds is 4. The van der Waals surface area contributed by atoms with Gasteiger partial charge in [0.05, 0.1) is 6.26 Å². The Balaban J connectivity index is 2.25. The predicted octanol–water partition coefficient (Wildman–Crippen LogP) is 2.29. The van der Waals surface area contributed by atoms with Crippen LogP contribution in [-0.4, -0.2) is 18.7 Å². The van der Waals surface area contributed by atoms with Gasteiger partial charge in [-0.1, -0.05) is 12.1 Å². The van der Waals surface area contributed by atoms with Gasteiger partial charge >= 0.3 is 0 Å². The number of nitrogens with one attached hydrogen (secondary N) is 1. The normalized spacial score (nSPS) is 11.0. The fourth-order valence-corrected chi connectivity index (χ4v) is 1.74. The summed E-state index contributed by atoms with van der Waals surface area (Å²) in [4.78, 5) is 0. The average Bonchev–Trinajstić information content (AvgIpc) is 2.64. The summed E-state index contributed by atoms with van der Waals surface area (Å²) in [6.45, 7) is 0.992. The molecule has 0 unspecified atom stereocenters. The molecule has 80 valence electrons. The van der Waals surface area contributed by atoms with Gasteiger partial charge in [0.1, 0.15) is 0 Å². The molecule has 0 saturated heterocycles. The summed E-state index contributed by atoms with van der Waals surface area (Å²) in [6.07, 6.45) is 3.78. The number of hydrogen-bond acceptors (Lipinski definition) is 3. The van der Waals surface area contributed by atoms with E-state index in [0.717, 1.165) is 30.3 Å². The molecule has 3 heteroatoms. The number of benzene rings is 1. The number of aryl methyl sites for hydroxylation is 1. The SMILES string of the molecule is CNCCCc1coc2c(O)cccc12. The molecule has 1 heterocycles. The van der Waals surface area contributed by atoms with Crippen molar-refractivity contribution in [1.82, 2.24) is 5.32 Å². The molecule has 2 rings (SSSR count). The van der Waals surface area contributed by atoms with E-state index in [1.165, 1.54) is 0 Å².